The molecule has 36 heavy (non-hydrogen) atoms. The number of carbonyl (C=O) groups excluding carboxylic acids is 1. The van der Waals surface area contributed by atoms with Gasteiger partial charge in [-0.25, -0.2) is 14.8 Å². The van der Waals surface area contributed by atoms with E-state index in [9.17, 15) is 4.79 Å². The zero-order chi connectivity index (χ0) is 25.2. The molecule has 9 heteroatoms. The van der Waals surface area contributed by atoms with Crippen LogP contribution in [0.25, 0.3) is 33.4 Å². The van der Waals surface area contributed by atoms with Crippen LogP contribution in [0, 0.1) is 0 Å². The Bertz CT molecular complexity index is 1390. The van der Waals surface area contributed by atoms with Gasteiger partial charge in [0.25, 0.3) is 0 Å². The van der Waals surface area contributed by atoms with Crippen molar-refractivity contribution < 1.29 is 14.3 Å². The standard InChI is InChI=1S/C27H30N6O3/c1-5-32-16-21(25(30-32)19-9-7-6-8-10-19)26-20-13-24(23(35-4)14-22(20)28-17-29-26)36-27(34)33-12-11-31(3)15-18(33)2/h6-10,13-14,16-18H,5,11-12,15H2,1-4H3/t18-/m0/s1. The molecule has 0 radical (unpaired) electrons. The van der Waals surface area contributed by atoms with Crippen LogP contribution in [-0.2, 0) is 6.54 Å². The lowest BCUT2D eigenvalue weighted by atomic mass is 10.0. The van der Waals surface area contributed by atoms with Crippen molar-refractivity contribution in [1.29, 1.82) is 0 Å². The molecule has 0 spiro atoms. The summed E-state index contributed by atoms with van der Waals surface area (Å²) in [7, 11) is 3.61. The number of nitrogens with zero attached hydrogens (tertiary/aromatic N) is 6. The maximum absolute atomic E-state index is 13.1. The van der Waals surface area contributed by atoms with Crippen LogP contribution >= 0.6 is 0 Å². The number of methoxy groups -OCH3 is 1. The van der Waals surface area contributed by atoms with Crippen LogP contribution < -0.4 is 9.47 Å². The predicted molar refractivity (Wildman–Crippen MR) is 138 cm³/mol. The van der Waals surface area contributed by atoms with Crippen molar-refractivity contribution in [3.8, 4) is 34.0 Å². The normalized spacial score (nSPS) is 16.3. The number of carbonyl (C=O) groups is 1. The molecular formula is C27H30N6O3. The minimum absolute atomic E-state index is 0.0508. The lowest BCUT2D eigenvalue weighted by molar-refractivity contribution is 0.0886. The first-order valence-corrected chi connectivity index (χ1v) is 12.1. The highest BCUT2D eigenvalue weighted by molar-refractivity contribution is 5.97. The number of aryl methyl sites for hydroxylation is 1. The molecule has 186 valence electrons. The molecule has 4 aromatic rings. The molecule has 0 bridgehead atoms. The Morgan fingerprint density at radius 3 is 2.61 bits per heavy atom. The van der Waals surface area contributed by atoms with Gasteiger partial charge in [-0.05, 0) is 27.0 Å². The summed E-state index contributed by atoms with van der Waals surface area (Å²) in [5.41, 5.74) is 4.11. The molecule has 1 aliphatic heterocycles. The van der Waals surface area contributed by atoms with E-state index in [0.29, 0.717) is 29.3 Å². The fourth-order valence-electron chi connectivity index (χ4n) is 4.65. The van der Waals surface area contributed by atoms with Crippen molar-refractivity contribution in [1.82, 2.24) is 29.5 Å². The third-order valence-corrected chi connectivity index (χ3v) is 6.57. The van der Waals surface area contributed by atoms with Crippen LogP contribution in [0.1, 0.15) is 13.8 Å². The maximum Gasteiger partial charge on any atom is 0.415 e. The van der Waals surface area contributed by atoms with Crippen LogP contribution in [0.5, 0.6) is 11.5 Å². The molecule has 1 atom stereocenters. The number of benzene rings is 2. The number of likely N-dealkylation sites (N-methyl/N-ethyl adjacent to an activating group) is 1. The zero-order valence-corrected chi connectivity index (χ0v) is 21.0. The molecule has 1 saturated heterocycles. The summed E-state index contributed by atoms with van der Waals surface area (Å²) in [6.07, 6.45) is 3.13. The number of fused-ring (bicyclic) bond motifs is 1. The Morgan fingerprint density at radius 1 is 1.08 bits per heavy atom. The summed E-state index contributed by atoms with van der Waals surface area (Å²) in [5, 5.41) is 5.55. The highest BCUT2D eigenvalue weighted by Gasteiger charge is 2.28. The Balaban J connectivity index is 1.59. The molecule has 2 aromatic carbocycles. The number of hydrogen-bond acceptors (Lipinski definition) is 7. The van der Waals surface area contributed by atoms with Crippen LogP contribution in [0.2, 0.25) is 0 Å². The van der Waals surface area contributed by atoms with Gasteiger partial charge in [0.2, 0.25) is 0 Å². The Morgan fingerprint density at radius 2 is 1.89 bits per heavy atom. The molecule has 2 aromatic heterocycles. The summed E-state index contributed by atoms with van der Waals surface area (Å²) in [5.74, 6) is 0.774. The van der Waals surface area contributed by atoms with Gasteiger partial charge in [0, 0.05) is 61.0 Å². The second-order valence-corrected chi connectivity index (χ2v) is 9.03. The van der Waals surface area contributed by atoms with Crippen molar-refractivity contribution in [3.63, 3.8) is 0 Å². The molecule has 1 fully saturated rings. The van der Waals surface area contributed by atoms with Crippen molar-refractivity contribution in [2.24, 2.45) is 0 Å². The van der Waals surface area contributed by atoms with Gasteiger partial charge >= 0.3 is 6.09 Å². The molecule has 5 rings (SSSR count). The van der Waals surface area contributed by atoms with Gasteiger partial charge in [-0.1, -0.05) is 30.3 Å². The second-order valence-electron chi connectivity index (χ2n) is 9.03. The van der Waals surface area contributed by atoms with E-state index >= 15 is 0 Å². The molecule has 0 N–H and O–H groups in total. The third kappa shape index (κ3) is 4.49. The van der Waals surface area contributed by atoms with E-state index < -0.39 is 6.09 Å². The van der Waals surface area contributed by atoms with E-state index in [1.165, 1.54) is 6.33 Å². The maximum atomic E-state index is 13.1. The van der Waals surface area contributed by atoms with Gasteiger partial charge in [-0.2, -0.15) is 5.10 Å². The monoisotopic (exact) mass is 486 g/mol. The van der Waals surface area contributed by atoms with E-state index in [1.54, 1.807) is 24.1 Å². The van der Waals surface area contributed by atoms with E-state index in [2.05, 4.69) is 21.9 Å². The van der Waals surface area contributed by atoms with Crippen LogP contribution in [0.3, 0.4) is 0 Å². The van der Waals surface area contributed by atoms with Crippen LogP contribution in [0.4, 0.5) is 4.79 Å². The minimum Gasteiger partial charge on any atom is -0.493 e. The number of piperazine rings is 1. The van der Waals surface area contributed by atoms with Gasteiger partial charge in [-0.15, -0.1) is 0 Å². The first-order valence-electron chi connectivity index (χ1n) is 12.1. The average molecular weight is 487 g/mol. The Hall–Kier alpha value is -3.98. The molecule has 0 aliphatic carbocycles. The summed E-state index contributed by atoms with van der Waals surface area (Å²) in [6.45, 7) is 7.00. The predicted octanol–water partition coefficient (Wildman–Crippen LogP) is 4.32. The highest BCUT2D eigenvalue weighted by Crippen LogP contribution is 2.38. The number of rotatable bonds is 5. The van der Waals surface area contributed by atoms with Crippen LogP contribution in [0.15, 0.2) is 55.0 Å². The largest absolute Gasteiger partial charge is 0.493 e. The van der Waals surface area contributed by atoms with Gasteiger partial charge < -0.3 is 19.3 Å². The topological polar surface area (TPSA) is 85.6 Å². The second kappa shape index (κ2) is 9.94. The number of aromatic nitrogens is 4. The van der Waals surface area contributed by atoms with E-state index in [0.717, 1.165) is 41.8 Å². The Kier molecular flexibility index (Phi) is 6.56. The summed E-state index contributed by atoms with van der Waals surface area (Å²) < 4.78 is 13.3. The van der Waals surface area contributed by atoms with E-state index in [-0.39, 0.29) is 6.04 Å². The van der Waals surface area contributed by atoms with Crippen molar-refractivity contribution in [3.05, 3.63) is 55.0 Å². The van der Waals surface area contributed by atoms with Gasteiger partial charge in [0.1, 0.15) is 12.0 Å². The van der Waals surface area contributed by atoms with E-state index in [4.69, 9.17) is 14.6 Å². The molecular weight excluding hydrogens is 456 g/mol. The van der Waals surface area contributed by atoms with Gasteiger partial charge in [0.05, 0.1) is 18.3 Å². The fraction of sp³-hybridized carbons (Fsp3) is 0.333. The highest BCUT2D eigenvalue weighted by atomic mass is 16.6. The molecule has 0 saturated carbocycles. The molecule has 3 heterocycles. The van der Waals surface area contributed by atoms with E-state index in [1.807, 2.05) is 55.1 Å². The number of hydrogen-bond donors (Lipinski definition) is 0. The molecule has 1 aliphatic rings. The average Bonchev–Trinajstić information content (AvgIpc) is 3.33. The first-order chi connectivity index (χ1) is 17.5. The van der Waals surface area contributed by atoms with Crippen LogP contribution in [-0.4, -0.2) is 75.5 Å². The molecule has 9 nitrogen and oxygen atoms in total. The lowest BCUT2D eigenvalue weighted by Gasteiger charge is -2.37. The SMILES string of the molecule is CCn1cc(-c2ncnc3cc(OC)c(OC(=O)N4CCN(C)C[C@@H]4C)cc23)c(-c2ccccc2)n1. The van der Waals surface area contributed by atoms with Gasteiger partial charge in [0.15, 0.2) is 11.5 Å². The summed E-state index contributed by atoms with van der Waals surface area (Å²) in [4.78, 5) is 26.2. The van der Waals surface area contributed by atoms with Gasteiger partial charge in [-0.3, -0.25) is 4.68 Å². The Labute approximate surface area is 210 Å². The number of ether oxygens (including phenoxy) is 2. The molecule has 1 amide bonds. The first kappa shape index (κ1) is 23.7. The molecule has 0 unspecified atom stereocenters. The fourth-order valence-corrected chi connectivity index (χ4v) is 4.65. The quantitative estimate of drug-likeness (QED) is 0.415. The zero-order valence-electron chi connectivity index (χ0n) is 21.0. The van der Waals surface area contributed by atoms with Crippen molar-refractivity contribution >= 4 is 17.0 Å². The smallest absolute Gasteiger partial charge is 0.415 e. The minimum atomic E-state index is -0.393. The third-order valence-electron chi connectivity index (χ3n) is 6.57. The number of amides is 1. The van der Waals surface area contributed by atoms with Crippen molar-refractivity contribution in [2.75, 3.05) is 33.8 Å². The summed E-state index contributed by atoms with van der Waals surface area (Å²) in [6, 6.07) is 13.6. The summed E-state index contributed by atoms with van der Waals surface area (Å²) >= 11 is 0. The lowest BCUT2D eigenvalue weighted by Crippen LogP contribution is -2.53. The van der Waals surface area contributed by atoms with Crippen molar-refractivity contribution in [2.45, 2.75) is 26.4 Å².